The molecule has 0 fully saturated rings. The van der Waals surface area contributed by atoms with E-state index in [-0.39, 0.29) is 0 Å². The third-order valence-electron chi connectivity index (χ3n) is 2.83. The third-order valence-corrected chi connectivity index (χ3v) is 2.83. The zero-order chi connectivity index (χ0) is 14.7. The maximum atomic E-state index is 5.78. The Morgan fingerprint density at radius 1 is 0.900 bits per heavy atom. The molecule has 0 radical (unpaired) electrons. The van der Waals surface area contributed by atoms with E-state index in [2.05, 4.69) is 9.97 Å². The number of ether oxygens (including phenoxy) is 3. The number of benzene rings is 1. The molecule has 2 rings (SSSR count). The Morgan fingerprint density at radius 3 is 1.95 bits per heavy atom. The van der Waals surface area contributed by atoms with Crippen molar-refractivity contribution in [3.8, 4) is 28.5 Å². The lowest BCUT2D eigenvalue weighted by Gasteiger charge is -2.15. The van der Waals surface area contributed by atoms with Crippen LogP contribution in [0, 0.1) is 6.92 Å². The molecule has 1 aromatic heterocycles. The Labute approximate surface area is 117 Å². The predicted octanol–water partition coefficient (Wildman–Crippen LogP) is 2.06. The number of rotatable bonds is 4. The van der Waals surface area contributed by atoms with Gasteiger partial charge >= 0.3 is 0 Å². The van der Waals surface area contributed by atoms with Crippen LogP contribution in [0.3, 0.4) is 0 Å². The van der Waals surface area contributed by atoms with Crippen LogP contribution in [0.1, 0.15) is 5.82 Å². The number of nitrogen functional groups attached to an aromatic ring is 1. The van der Waals surface area contributed by atoms with E-state index < -0.39 is 0 Å². The first kappa shape index (κ1) is 13.9. The van der Waals surface area contributed by atoms with Gasteiger partial charge in [-0.3, -0.25) is 0 Å². The Morgan fingerprint density at radius 2 is 1.50 bits per heavy atom. The van der Waals surface area contributed by atoms with Gasteiger partial charge in [-0.25, -0.2) is 9.97 Å². The molecule has 2 aromatic rings. The number of methoxy groups -OCH3 is 3. The van der Waals surface area contributed by atoms with Gasteiger partial charge in [0, 0.05) is 18.2 Å². The van der Waals surface area contributed by atoms with Crippen LogP contribution in [0.4, 0.5) is 5.82 Å². The highest BCUT2D eigenvalue weighted by Gasteiger charge is 2.17. The van der Waals surface area contributed by atoms with Gasteiger partial charge in [-0.2, -0.15) is 0 Å². The molecule has 0 atom stereocenters. The van der Waals surface area contributed by atoms with Crippen LogP contribution in [0.25, 0.3) is 11.3 Å². The van der Waals surface area contributed by atoms with Crippen molar-refractivity contribution >= 4 is 5.82 Å². The second-order valence-electron chi connectivity index (χ2n) is 4.13. The molecule has 0 unspecified atom stereocenters. The quantitative estimate of drug-likeness (QED) is 0.920. The summed E-state index contributed by atoms with van der Waals surface area (Å²) in [5.41, 5.74) is 7.14. The average molecular weight is 275 g/mol. The number of nitrogens with two attached hydrogens (primary N) is 1. The molecule has 0 aliphatic carbocycles. The van der Waals surface area contributed by atoms with Crippen LogP contribution >= 0.6 is 0 Å². The molecule has 106 valence electrons. The van der Waals surface area contributed by atoms with Crippen LogP contribution in [-0.4, -0.2) is 31.3 Å². The SMILES string of the molecule is COc1cc(OC)c(-c2cc(N)nc(C)n2)c(OC)c1. The van der Waals surface area contributed by atoms with Crippen molar-refractivity contribution in [3.05, 3.63) is 24.0 Å². The number of anilines is 1. The van der Waals surface area contributed by atoms with Crippen LogP contribution in [0.15, 0.2) is 18.2 Å². The zero-order valence-electron chi connectivity index (χ0n) is 11.9. The molecule has 0 saturated carbocycles. The molecule has 0 aliphatic rings. The lowest BCUT2D eigenvalue weighted by Crippen LogP contribution is -2.00. The molecular weight excluding hydrogens is 258 g/mol. The van der Waals surface area contributed by atoms with Crippen molar-refractivity contribution in [2.45, 2.75) is 6.92 Å². The highest BCUT2D eigenvalue weighted by Crippen LogP contribution is 2.41. The first-order chi connectivity index (χ1) is 9.58. The van der Waals surface area contributed by atoms with Gasteiger partial charge in [0.2, 0.25) is 0 Å². The van der Waals surface area contributed by atoms with Crippen molar-refractivity contribution in [1.29, 1.82) is 0 Å². The molecule has 0 spiro atoms. The molecule has 6 nitrogen and oxygen atoms in total. The predicted molar refractivity (Wildman–Crippen MR) is 76.3 cm³/mol. The van der Waals surface area contributed by atoms with Crippen LogP contribution < -0.4 is 19.9 Å². The number of hydrogen-bond donors (Lipinski definition) is 1. The summed E-state index contributed by atoms with van der Waals surface area (Å²) < 4.78 is 16.0. The van der Waals surface area contributed by atoms with E-state index in [0.29, 0.717) is 40.1 Å². The van der Waals surface area contributed by atoms with Crippen molar-refractivity contribution in [1.82, 2.24) is 9.97 Å². The van der Waals surface area contributed by atoms with E-state index in [1.807, 2.05) is 0 Å². The summed E-state index contributed by atoms with van der Waals surface area (Å²) in [6, 6.07) is 5.22. The minimum absolute atomic E-state index is 0.396. The molecule has 20 heavy (non-hydrogen) atoms. The normalized spacial score (nSPS) is 10.2. The molecule has 0 bridgehead atoms. The first-order valence-corrected chi connectivity index (χ1v) is 6.00. The summed E-state index contributed by atoms with van der Waals surface area (Å²) in [7, 11) is 4.74. The summed E-state index contributed by atoms with van der Waals surface area (Å²) in [4.78, 5) is 8.45. The molecule has 2 N–H and O–H groups in total. The summed E-state index contributed by atoms with van der Waals surface area (Å²) in [6.07, 6.45) is 0. The fourth-order valence-electron chi connectivity index (χ4n) is 1.98. The molecule has 0 saturated heterocycles. The fourth-order valence-corrected chi connectivity index (χ4v) is 1.98. The minimum atomic E-state index is 0.396. The summed E-state index contributed by atoms with van der Waals surface area (Å²) in [5.74, 6) is 2.81. The van der Waals surface area contributed by atoms with E-state index >= 15 is 0 Å². The summed E-state index contributed by atoms with van der Waals surface area (Å²) in [5, 5.41) is 0. The lowest BCUT2D eigenvalue weighted by atomic mass is 10.1. The molecule has 0 aliphatic heterocycles. The maximum absolute atomic E-state index is 5.78. The smallest absolute Gasteiger partial charge is 0.135 e. The Balaban J connectivity index is 2.70. The van der Waals surface area contributed by atoms with Crippen LogP contribution in [0.5, 0.6) is 17.2 Å². The largest absolute Gasteiger partial charge is 0.496 e. The maximum Gasteiger partial charge on any atom is 0.135 e. The molecule has 6 heteroatoms. The number of aryl methyl sites for hydroxylation is 1. The molecular formula is C14H17N3O3. The van der Waals surface area contributed by atoms with Gasteiger partial charge in [0.1, 0.15) is 28.9 Å². The van der Waals surface area contributed by atoms with Crippen molar-refractivity contribution in [3.63, 3.8) is 0 Å². The van der Waals surface area contributed by atoms with E-state index in [1.54, 1.807) is 46.5 Å². The van der Waals surface area contributed by atoms with Crippen molar-refractivity contribution in [2.24, 2.45) is 0 Å². The molecule has 1 heterocycles. The highest BCUT2D eigenvalue weighted by molar-refractivity contribution is 5.77. The number of nitrogens with zero attached hydrogens (tertiary/aromatic N) is 2. The van der Waals surface area contributed by atoms with Crippen LogP contribution in [0.2, 0.25) is 0 Å². The van der Waals surface area contributed by atoms with E-state index in [4.69, 9.17) is 19.9 Å². The summed E-state index contributed by atoms with van der Waals surface area (Å²) in [6.45, 7) is 1.78. The van der Waals surface area contributed by atoms with Gasteiger partial charge in [-0.1, -0.05) is 0 Å². The van der Waals surface area contributed by atoms with Gasteiger partial charge < -0.3 is 19.9 Å². The van der Waals surface area contributed by atoms with Gasteiger partial charge in [0.25, 0.3) is 0 Å². The third kappa shape index (κ3) is 2.59. The Kier molecular flexibility index (Phi) is 3.93. The Bertz CT molecular complexity index is 584. The monoisotopic (exact) mass is 275 g/mol. The second kappa shape index (κ2) is 5.64. The average Bonchev–Trinajstić information content (AvgIpc) is 2.44. The number of hydrogen-bond acceptors (Lipinski definition) is 6. The summed E-state index contributed by atoms with van der Waals surface area (Å²) >= 11 is 0. The lowest BCUT2D eigenvalue weighted by molar-refractivity contribution is 0.377. The second-order valence-corrected chi connectivity index (χ2v) is 4.13. The van der Waals surface area contributed by atoms with Crippen molar-refractivity contribution < 1.29 is 14.2 Å². The van der Waals surface area contributed by atoms with Crippen LogP contribution in [-0.2, 0) is 0 Å². The van der Waals surface area contributed by atoms with E-state index in [9.17, 15) is 0 Å². The standard InChI is InChI=1S/C14H17N3O3/c1-8-16-10(7-13(15)17-8)14-11(19-3)5-9(18-2)6-12(14)20-4/h5-7H,1-4H3,(H2,15,16,17). The molecule has 1 aromatic carbocycles. The Hall–Kier alpha value is -2.50. The highest BCUT2D eigenvalue weighted by atomic mass is 16.5. The van der Waals surface area contributed by atoms with E-state index in [1.165, 1.54) is 0 Å². The van der Waals surface area contributed by atoms with Gasteiger partial charge in [0.15, 0.2) is 0 Å². The van der Waals surface area contributed by atoms with E-state index in [0.717, 1.165) is 0 Å². The number of aromatic nitrogens is 2. The fraction of sp³-hybridized carbons (Fsp3) is 0.286. The first-order valence-electron chi connectivity index (χ1n) is 6.00. The molecule has 0 amide bonds. The van der Waals surface area contributed by atoms with Gasteiger partial charge in [-0.15, -0.1) is 0 Å². The zero-order valence-corrected chi connectivity index (χ0v) is 11.9. The van der Waals surface area contributed by atoms with Gasteiger partial charge in [0.05, 0.1) is 32.6 Å². The van der Waals surface area contributed by atoms with Gasteiger partial charge in [-0.05, 0) is 6.92 Å². The van der Waals surface area contributed by atoms with Crippen molar-refractivity contribution in [2.75, 3.05) is 27.1 Å². The topological polar surface area (TPSA) is 79.5 Å². The minimum Gasteiger partial charge on any atom is -0.496 e.